The Morgan fingerprint density at radius 1 is 1.00 bits per heavy atom. The van der Waals surface area contributed by atoms with Crippen molar-refractivity contribution >= 4 is 46.6 Å². The van der Waals surface area contributed by atoms with Crippen molar-refractivity contribution in [2.45, 2.75) is 6.92 Å². The van der Waals surface area contributed by atoms with E-state index in [1.54, 1.807) is 6.07 Å². The Labute approximate surface area is 125 Å². The number of halogens is 2. The number of nitrogens with one attached hydrogen (secondary N) is 3. The Hall–Kier alpha value is -1.79. The smallest absolute Gasteiger partial charge is 0.313 e. The average molecular weight is 318 g/mol. The Morgan fingerprint density at radius 2 is 1.55 bits per heavy atom. The van der Waals surface area contributed by atoms with Gasteiger partial charge in [0.25, 0.3) is 0 Å². The Kier molecular flexibility index (Phi) is 6.27. The molecule has 0 spiro atoms. The highest BCUT2D eigenvalue weighted by Gasteiger charge is 2.16. The number of amides is 3. The van der Waals surface area contributed by atoms with E-state index in [1.807, 2.05) is 0 Å². The Bertz CT molecular complexity index is 514. The molecule has 1 aromatic rings. The molecule has 0 fully saturated rings. The van der Waals surface area contributed by atoms with E-state index in [4.69, 9.17) is 23.2 Å². The van der Waals surface area contributed by atoms with Crippen LogP contribution in [0.25, 0.3) is 0 Å². The van der Waals surface area contributed by atoms with Gasteiger partial charge < -0.3 is 16.0 Å². The van der Waals surface area contributed by atoms with E-state index in [0.717, 1.165) is 0 Å². The standard InChI is InChI=1S/C12H13Cl2N3O3/c1-7(18)15-5-6-16-11(19)12(20)17-10-8(13)3-2-4-9(10)14/h2-4H,5-6H2,1H3,(H,15,18)(H,16,19)(H,17,20). The molecule has 20 heavy (non-hydrogen) atoms. The lowest BCUT2D eigenvalue weighted by Crippen LogP contribution is -2.39. The van der Waals surface area contributed by atoms with Gasteiger partial charge in [0.15, 0.2) is 0 Å². The van der Waals surface area contributed by atoms with Crippen molar-refractivity contribution in [1.82, 2.24) is 10.6 Å². The number of para-hydroxylation sites is 1. The van der Waals surface area contributed by atoms with Crippen LogP contribution in [0.2, 0.25) is 10.0 Å². The lowest BCUT2D eigenvalue weighted by Gasteiger charge is -2.09. The molecular formula is C12H13Cl2N3O3. The van der Waals surface area contributed by atoms with Gasteiger partial charge in [0.1, 0.15) is 0 Å². The summed E-state index contributed by atoms with van der Waals surface area (Å²) >= 11 is 11.7. The van der Waals surface area contributed by atoms with E-state index in [0.29, 0.717) is 0 Å². The minimum Gasteiger partial charge on any atom is -0.355 e. The normalized spacial score (nSPS) is 9.75. The number of hydrogen-bond donors (Lipinski definition) is 3. The van der Waals surface area contributed by atoms with Gasteiger partial charge in [-0.05, 0) is 12.1 Å². The maximum absolute atomic E-state index is 11.6. The van der Waals surface area contributed by atoms with Gasteiger partial charge in [-0.1, -0.05) is 29.3 Å². The highest BCUT2D eigenvalue weighted by molar-refractivity contribution is 6.44. The molecule has 0 heterocycles. The van der Waals surface area contributed by atoms with E-state index in [2.05, 4.69) is 16.0 Å². The second-order valence-electron chi connectivity index (χ2n) is 3.79. The van der Waals surface area contributed by atoms with Crippen molar-refractivity contribution in [3.8, 4) is 0 Å². The topological polar surface area (TPSA) is 87.3 Å². The highest BCUT2D eigenvalue weighted by Crippen LogP contribution is 2.29. The zero-order chi connectivity index (χ0) is 15.1. The molecule has 3 amide bonds. The van der Waals surface area contributed by atoms with E-state index in [1.165, 1.54) is 19.1 Å². The molecule has 0 radical (unpaired) electrons. The predicted octanol–water partition coefficient (Wildman–Crippen LogP) is 1.18. The van der Waals surface area contributed by atoms with Gasteiger partial charge in [-0.15, -0.1) is 0 Å². The van der Waals surface area contributed by atoms with Crippen LogP contribution in [0, 0.1) is 0 Å². The summed E-state index contributed by atoms with van der Waals surface area (Å²) in [7, 11) is 0. The summed E-state index contributed by atoms with van der Waals surface area (Å²) in [5, 5.41) is 7.62. The molecular weight excluding hydrogens is 305 g/mol. The number of carbonyl (C=O) groups is 3. The molecule has 0 aromatic heterocycles. The molecule has 0 saturated carbocycles. The molecule has 0 atom stereocenters. The van der Waals surface area contributed by atoms with Crippen molar-refractivity contribution in [3.05, 3.63) is 28.2 Å². The van der Waals surface area contributed by atoms with Crippen molar-refractivity contribution in [2.75, 3.05) is 18.4 Å². The van der Waals surface area contributed by atoms with Crippen LogP contribution >= 0.6 is 23.2 Å². The largest absolute Gasteiger partial charge is 0.355 e. The first-order valence-electron chi connectivity index (χ1n) is 5.69. The molecule has 0 saturated heterocycles. The SMILES string of the molecule is CC(=O)NCCNC(=O)C(=O)Nc1c(Cl)cccc1Cl. The molecule has 108 valence electrons. The molecule has 0 aliphatic carbocycles. The van der Waals surface area contributed by atoms with Crippen LogP contribution in [0.1, 0.15) is 6.92 Å². The molecule has 3 N–H and O–H groups in total. The molecule has 0 unspecified atom stereocenters. The van der Waals surface area contributed by atoms with Crippen molar-refractivity contribution < 1.29 is 14.4 Å². The van der Waals surface area contributed by atoms with Gasteiger partial charge in [-0.3, -0.25) is 14.4 Å². The summed E-state index contributed by atoms with van der Waals surface area (Å²) in [4.78, 5) is 33.7. The molecule has 1 rings (SSSR count). The van der Waals surface area contributed by atoms with Gasteiger partial charge >= 0.3 is 11.8 Å². The molecule has 1 aromatic carbocycles. The zero-order valence-corrected chi connectivity index (χ0v) is 12.1. The molecule has 8 heteroatoms. The first-order chi connectivity index (χ1) is 9.41. The van der Waals surface area contributed by atoms with E-state index in [-0.39, 0.29) is 34.7 Å². The molecule has 0 aliphatic rings. The third kappa shape index (κ3) is 5.07. The van der Waals surface area contributed by atoms with Gasteiger partial charge in [-0.2, -0.15) is 0 Å². The third-order valence-electron chi connectivity index (χ3n) is 2.19. The Balaban J connectivity index is 2.50. The second kappa shape index (κ2) is 7.72. The lowest BCUT2D eigenvalue weighted by molar-refractivity contribution is -0.136. The number of hydrogen-bond acceptors (Lipinski definition) is 3. The van der Waals surface area contributed by atoms with Crippen LogP contribution in [-0.4, -0.2) is 30.8 Å². The molecule has 0 aliphatic heterocycles. The first kappa shape index (κ1) is 16.3. The summed E-state index contributed by atoms with van der Waals surface area (Å²) in [6.45, 7) is 1.73. The van der Waals surface area contributed by atoms with Crippen LogP contribution in [0.5, 0.6) is 0 Å². The van der Waals surface area contributed by atoms with Gasteiger partial charge in [0.05, 0.1) is 15.7 Å². The fourth-order valence-corrected chi connectivity index (χ4v) is 1.77. The number of rotatable bonds is 4. The van der Waals surface area contributed by atoms with Crippen LogP contribution < -0.4 is 16.0 Å². The van der Waals surface area contributed by atoms with Crippen LogP contribution in [-0.2, 0) is 14.4 Å². The molecule has 6 nitrogen and oxygen atoms in total. The van der Waals surface area contributed by atoms with E-state index in [9.17, 15) is 14.4 Å². The van der Waals surface area contributed by atoms with E-state index >= 15 is 0 Å². The van der Waals surface area contributed by atoms with Crippen molar-refractivity contribution in [2.24, 2.45) is 0 Å². The minimum atomic E-state index is -0.886. The van der Waals surface area contributed by atoms with Gasteiger partial charge in [0, 0.05) is 20.0 Å². The maximum atomic E-state index is 11.6. The zero-order valence-electron chi connectivity index (χ0n) is 10.6. The summed E-state index contributed by atoms with van der Waals surface area (Å²) in [5.41, 5.74) is 0.179. The lowest BCUT2D eigenvalue weighted by atomic mass is 10.3. The Morgan fingerprint density at radius 3 is 2.10 bits per heavy atom. The number of anilines is 1. The first-order valence-corrected chi connectivity index (χ1v) is 6.45. The quantitative estimate of drug-likeness (QED) is 0.575. The van der Waals surface area contributed by atoms with Crippen LogP contribution in [0.3, 0.4) is 0 Å². The monoisotopic (exact) mass is 317 g/mol. The second-order valence-corrected chi connectivity index (χ2v) is 4.60. The maximum Gasteiger partial charge on any atom is 0.313 e. The molecule has 0 bridgehead atoms. The fourth-order valence-electron chi connectivity index (χ4n) is 1.28. The van der Waals surface area contributed by atoms with E-state index < -0.39 is 11.8 Å². The number of benzene rings is 1. The van der Waals surface area contributed by atoms with Crippen LogP contribution in [0.15, 0.2) is 18.2 Å². The summed E-state index contributed by atoms with van der Waals surface area (Å²) in [5.74, 6) is -1.94. The van der Waals surface area contributed by atoms with Crippen LogP contribution in [0.4, 0.5) is 5.69 Å². The summed E-state index contributed by atoms with van der Waals surface area (Å²) < 4.78 is 0. The predicted molar refractivity (Wildman–Crippen MR) is 76.8 cm³/mol. The minimum absolute atomic E-state index is 0.141. The summed E-state index contributed by atoms with van der Waals surface area (Å²) in [6, 6.07) is 4.70. The highest BCUT2D eigenvalue weighted by atomic mass is 35.5. The van der Waals surface area contributed by atoms with Crippen molar-refractivity contribution in [3.63, 3.8) is 0 Å². The fraction of sp³-hybridized carbons (Fsp3) is 0.250. The number of carbonyl (C=O) groups excluding carboxylic acids is 3. The average Bonchev–Trinajstić information content (AvgIpc) is 2.38. The van der Waals surface area contributed by atoms with Gasteiger partial charge in [-0.25, -0.2) is 0 Å². The van der Waals surface area contributed by atoms with Crippen molar-refractivity contribution in [1.29, 1.82) is 0 Å². The van der Waals surface area contributed by atoms with Gasteiger partial charge in [0.2, 0.25) is 5.91 Å². The third-order valence-corrected chi connectivity index (χ3v) is 2.82. The summed E-state index contributed by atoms with van der Waals surface area (Å²) in [6.07, 6.45) is 0.